The maximum atomic E-state index is 6.31. The fraction of sp³-hybridized carbons (Fsp3) is 0.625. The highest BCUT2D eigenvalue weighted by molar-refractivity contribution is 6.31. The van der Waals surface area contributed by atoms with Gasteiger partial charge in [0, 0.05) is 24.6 Å². The van der Waals surface area contributed by atoms with Crippen LogP contribution in [0.3, 0.4) is 0 Å². The zero-order valence-electron chi connectivity index (χ0n) is 13.1. The van der Waals surface area contributed by atoms with Crippen molar-refractivity contribution < 1.29 is 9.47 Å². The summed E-state index contributed by atoms with van der Waals surface area (Å²) in [7, 11) is 1.72. The number of hydrogen-bond acceptors (Lipinski definition) is 3. The van der Waals surface area contributed by atoms with Crippen molar-refractivity contribution in [1.82, 2.24) is 5.32 Å². The third kappa shape index (κ3) is 5.31. The van der Waals surface area contributed by atoms with Crippen molar-refractivity contribution in [1.29, 1.82) is 0 Å². The van der Waals surface area contributed by atoms with Gasteiger partial charge in [-0.1, -0.05) is 24.6 Å². The number of halogens is 1. The molecule has 0 spiro atoms. The summed E-state index contributed by atoms with van der Waals surface area (Å²) in [6.45, 7) is 9.81. The highest BCUT2D eigenvalue weighted by atomic mass is 35.5. The molecule has 114 valence electrons. The minimum atomic E-state index is -0.163. The SMILES string of the molecule is CCNC(C)c1ccc(OCCC(C)(C)OC)cc1Cl. The highest BCUT2D eigenvalue weighted by Crippen LogP contribution is 2.27. The van der Waals surface area contributed by atoms with E-state index in [0.29, 0.717) is 6.61 Å². The van der Waals surface area contributed by atoms with Crippen molar-refractivity contribution in [3.8, 4) is 5.75 Å². The first-order chi connectivity index (χ1) is 9.39. The Kier molecular flexibility index (Phi) is 6.80. The molecule has 1 aromatic rings. The van der Waals surface area contributed by atoms with Gasteiger partial charge in [-0.25, -0.2) is 0 Å². The molecule has 0 aromatic heterocycles. The van der Waals surface area contributed by atoms with Crippen LogP contribution >= 0.6 is 11.6 Å². The second-order valence-electron chi connectivity index (χ2n) is 5.52. The summed E-state index contributed by atoms with van der Waals surface area (Å²) >= 11 is 6.31. The van der Waals surface area contributed by atoms with Crippen LogP contribution in [0.2, 0.25) is 5.02 Å². The Balaban J connectivity index is 2.59. The lowest BCUT2D eigenvalue weighted by molar-refractivity contribution is 0.00546. The monoisotopic (exact) mass is 299 g/mol. The van der Waals surface area contributed by atoms with Gasteiger partial charge in [0.1, 0.15) is 5.75 Å². The first-order valence-electron chi connectivity index (χ1n) is 7.10. The summed E-state index contributed by atoms with van der Waals surface area (Å²) < 4.78 is 11.1. The molecule has 0 radical (unpaired) electrons. The Bertz CT molecular complexity index is 421. The van der Waals surface area contributed by atoms with E-state index in [1.807, 2.05) is 32.0 Å². The summed E-state index contributed by atoms with van der Waals surface area (Å²) in [6, 6.07) is 6.11. The molecule has 0 aliphatic carbocycles. The van der Waals surface area contributed by atoms with Gasteiger partial charge in [0.15, 0.2) is 0 Å². The lowest BCUT2D eigenvalue weighted by Crippen LogP contribution is -2.25. The number of benzene rings is 1. The van der Waals surface area contributed by atoms with Gasteiger partial charge >= 0.3 is 0 Å². The van der Waals surface area contributed by atoms with Gasteiger partial charge in [0.25, 0.3) is 0 Å². The van der Waals surface area contributed by atoms with Gasteiger partial charge in [0.05, 0.1) is 12.2 Å². The van der Waals surface area contributed by atoms with Crippen LogP contribution in [0.4, 0.5) is 0 Å². The van der Waals surface area contributed by atoms with E-state index in [0.717, 1.165) is 29.3 Å². The van der Waals surface area contributed by atoms with E-state index >= 15 is 0 Å². The molecule has 1 aromatic carbocycles. The van der Waals surface area contributed by atoms with Crippen LogP contribution < -0.4 is 10.1 Å². The first kappa shape index (κ1) is 17.3. The van der Waals surface area contributed by atoms with Crippen LogP contribution in [0.1, 0.15) is 45.7 Å². The van der Waals surface area contributed by atoms with E-state index in [2.05, 4.69) is 19.2 Å². The molecule has 0 saturated heterocycles. The molecule has 0 fully saturated rings. The molecule has 1 unspecified atom stereocenters. The maximum Gasteiger partial charge on any atom is 0.120 e. The number of rotatable bonds is 8. The van der Waals surface area contributed by atoms with Gasteiger partial charge in [-0.2, -0.15) is 0 Å². The Morgan fingerprint density at radius 1 is 1.35 bits per heavy atom. The maximum absolute atomic E-state index is 6.31. The predicted molar refractivity (Wildman–Crippen MR) is 84.7 cm³/mol. The highest BCUT2D eigenvalue weighted by Gasteiger charge is 2.16. The summed E-state index contributed by atoms with van der Waals surface area (Å²) in [6.07, 6.45) is 0.830. The lowest BCUT2D eigenvalue weighted by Gasteiger charge is -2.22. The molecule has 0 aliphatic rings. The third-order valence-electron chi connectivity index (χ3n) is 3.47. The second kappa shape index (κ2) is 7.87. The minimum absolute atomic E-state index is 0.163. The zero-order valence-corrected chi connectivity index (χ0v) is 13.9. The van der Waals surface area contributed by atoms with E-state index in [4.69, 9.17) is 21.1 Å². The van der Waals surface area contributed by atoms with Crippen molar-refractivity contribution >= 4 is 11.6 Å². The van der Waals surface area contributed by atoms with Crippen molar-refractivity contribution in [2.45, 2.75) is 45.8 Å². The largest absolute Gasteiger partial charge is 0.493 e. The van der Waals surface area contributed by atoms with Gasteiger partial charge in [-0.15, -0.1) is 0 Å². The molecule has 4 heteroatoms. The van der Waals surface area contributed by atoms with Crippen LogP contribution in [0, 0.1) is 0 Å². The summed E-state index contributed by atoms with van der Waals surface area (Å²) in [5.41, 5.74) is 0.932. The van der Waals surface area contributed by atoms with Gasteiger partial charge in [0.2, 0.25) is 0 Å². The van der Waals surface area contributed by atoms with E-state index in [1.165, 1.54) is 0 Å². The van der Waals surface area contributed by atoms with Crippen LogP contribution in [-0.2, 0) is 4.74 Å². The Hall–Kier alpha value is -0.770. The van der Waals surface area contributed by atoms with Gasteiger partial charge in [-0.05, 0) is 45.0 Å². The average molecular weight is 300 g/mol. The van der Waals surface area contributed by atoms with Crippen LogP contribution in [0.15, 0.2) is 18.2 Å². The predicted octanol–water partition coefficient (Wildman–Crippen LogP) is 4.20. The minimum Gasteiger partial charge on any atom is -0.493 e. The average Bonchev–Trinajstić information content (AvgIpc) is 2.39. The number of methoxy groups -OCH3 is 1. The number of hydrogen-bond donors (Lipinski definition) is 1. The number of nitrogens with one attached hydrogen (secondary N) is 1. The quantitative estimate of drug-likeness (QED) is 0.780. The molecular formula is C16H26ClNO2. The molecular weight excluding hydrogens is 274 g/mol. The lowest BCUT2D eigenvalue weighted by atomic mass is 10.1. The smallest absolute Gasteiger partial charge is 0.120 e. The number of ether oxygens (including phenoxy) is 2. The normalized spacial score (nSPS) is 13.3. The molecule has 0 aliphatic heterocycles. The van der Waals surface area contributed by atoms with Crippen molar-refractivity contribution in [2.24, 2.45) is 0 Å². The second-order valence-corrected chi connectivity index (χ2v) is 5.93. The summed E-state index contributed by atoms with van der Waals surface area (Å²) in [5, 5.41) is 4.09. The summed E-state index contributed by atoms with van der Waals surface area (Å²) in [5.74, 6) is 0.800. The molecule has 1 rings (SSSR count). The standard InChI is InChI=1S/C16H26ClNO2/c1-6-18-12(2)14-8-7-13(11-15(14)17)20-10-9-16(3,4)19-5/h7-8,11-12,18H,6,9-10H2,1-5H3. The van der Waals surface area contributed by atoms with Crippen molar-refractivity contribution in [3.63, 3.8) is 0 Å². The van der Waals surface area contributed by atoms with E-state index in [-0.39, 0.29) is 11.6 Å². The molecule has 0 heterocycles. The Labute approximate surface area is 127 Å². The third-order valence-corrected chi connectivity index (χ3v) is 3.80. The van der Waals surface area contributed by atoms with E-state index in [1.54, 1.807) is 7.11 Å². The zero-order chi connectivity index (χ0) is 15.2. The van der Waals surface area contributed by atoms with Crippen LogP contribution in [0.5, 0.6) is 5.75 Å². The molecule has 3 nitrogen and oxygen atoms in total. The molecule has 1 atom stereocenters. The van der Waals surface area contributed by atoms with Crippen LogP contribution in [-0.4, -0.2) is 25.9 Å². The molecule has 20 heavy (non-hydrogen) atoms. The molecule has 1 N–H and O–H groups in total. The fourth-order valence-electron chi connectivity index (χ4n) is 1.88. The van der Waals surface area contributed by atoms with Gasteiger partial charge in [-0.3, -0.25) is 0 Å². The van der Waals surface area contributed by atoms with Crippen molar-refractivity contribution in [2.75, 3.05) is 20.3 Å². The van der Waals surface area contributed by atoms with E-state index < -0.39 is 0 Å². The Morgan fingerprint density at radius 3 is 2.60 bits per heavy atom. The summed E-state index contributed by atoms with van der Waals surface area (Å²) in [4.78, 5) is 0. The van der Waals surface area contributed by atoms with Crippen molar-refractivity contribution in [3.05, 3.63) is 28.8 Å². The fourth-order valence-corrected chi connectivity index (χ4v) is 2.22. The first-order valence-corrected chi connectivity index (χ1v) is 7.48. The topological polar surface area (TPSA) is 30.5 Å². The molecule has 0 amide bonds. The van der Waals surface area contributed by atoms with Gasteiger partial charge < -0.3 is 14.8 Å². The van der Waals surface area contributed by atoms with Crippen LogP contribution in [0.25, 0.3) is 0 Å². The molecule has 0 saturated carbocycles. The van der Waals surface area contributed by atoms with E-state index in [9.17, 15) is 0 Å². The molecule has 0 bridgehead atoms. The Morgan fingerprint density at radius 2 is 2.05 bits per heavy atom.